The third-order valence-electron chi connectivity index (χ3n) is 3.63. The fraction of sp³-hybridized carbons (Fsp3) is 0.368. The predicted molar refractivity (Wildman–Crippen MR) is 87.0 cm³/mol. The first-order chi connectivity index (χ1) is 9.77. The van der Waals surface area contributed by atoms with Crippen LogP contribution in [0.3, 0.4) is 0 Å². The summed E-state index contributed by atoms with van der Waals surface area (Å²) in [7, 11) is 0. The van der Waals surface area contributed by atoms with Gasteiger partial charge in [-0.1, -0.05) is 45.0 Å². The van der Waals surface area contributed by atoms with Crippen LogP contribution in [-0.4, -0.2) is 5.11 Å². The van der Waals surface area contributed by atoms with Crippen molar-refractivity contribution in [2.45, 2.75) is 46.1 Å². The highest BCUT2D eigenvalue weighted by Crippen LogP contribution is 2.30. The Morgan fingerprint density at radius 1 is 1.00 bits per heavy atom. The van der Waals surface area contributed by atoms with Crippen LogP contribution in [0.15, 0.2) is 42.5 Å². The van der Waals surface area contributed by atoms with E-state index in [0.29, 0.717) is 0 Å². The molecule has 0 heterocycles. The first-order valence-corrected chi connectivity index (χ1v) is 7.34. The molecule has 0 aliphatic rings. The molecule has 2 rings (SSSR count). The van der Waals surface area contributed by atoms with Gasteiger partial charge in [-0.05, 0) is 54.2 Å². The molecule has 0 radical (unpaired) electrons. The quantitative estimate of drug-likeness (QED) is 0.845. The number of aliphatic hydroxyl groups excluding tert-OH is 1. The molecule has 0 aliphatic heterocycles. The van der Waals surface area contributed by atoms with Crippen LogP contribution in [0.25, 0.3) is 0 Å². The summed E-state index contributed by atoms with van der Waals surface area (Å²) in [5.74, 6) is 1.65. The smallest absolute Gasteiger partial charge is 0.130 e. The fourth-order valence-corrected chi connectivity index (χ4v) is 2.17. The fourth-order valence-electron chi connectivity index (χ4n) is 2.17. The summed E-state index contributed by atoms with van der Waals surface area (Å²) in [5, 5.41) is 9.51. The van der Waals surface area contributed by atoms with Gasteiger partial charge in [0.05, 0.1) is 6.10 Å². The van der Waals surface area contributed by atoms with Crippen molar-refractivity contribution >= 4 is 0 Å². The van der Waals surface area contributed by atoms with Gasteiger partial charge < -0.3 is 9.84 Å². The highest BCUT2D eigenvalue weighted by atomic mass is 16.5. The number of benzene rings is 2. The lowest BCUT2D eigenvalue weighted by molar-refractivity contribution is 0.199. The number of ether oxygens (including phenoxy) is 1. The van der Waals surface area contributed by atoms with Crippen LogP contribution in [0.1, 0.15) is 50.5 Å². The van der Waals surface area contributed by atoms with Crippen molar-refractivity contribution in [2.24, 2.45) is 0 Å². The highest BCUT2D eigenvalue weighted by Gasteiger charge is 2.15. The van der Waals surface area contributed by atoms with E-state index in [4.69, 9.17) is 4.74 Å². The molecule has 0 fully saturated rings. The average molecular weight is 284 g/mol. The SMILES string of the molecule is Cc1cc(C(C)(C)C)ccc1Oc1ccc([C@@H](C)O)cc1. The van der Waals surface area contributed by atoms with E-state index >= 15 is 0 Å². The van der Waals surface area contributed by atoms with Gasteiger partial charge in [-0.25, -0.2) is 0 Å². The van der Waals surface area contributed by atoms with E-state index in [2.05, 4.69) is 39.8 Å². The Morgan fingerprint density at radius 2 is 1.62 bits per heavy atom. The van der Waals surface area contributed by atoms with Crippen molar-refractivity contribution in [1.29, 1.82) is 0 Å². The third-order valence-corrected chi connectivity index (χ3v) is 3.63. The van der Waals surface area contributed by atoms with Gasteiger partial charge in [0.25, 0.3) is 0 Å². The van der Waals surface area contributed by atoms with Crippen LogP contribution < -0.4 is 4.74 Å². The Balaban J connectivity index is 2.20. The molecule has 1 N–H and O–H groups in total. The molecule has 0 saturated heterocycles. The van der Waals surface area contributed by atoms with Crippen LogP contribution in [0, 0.1) is 6.92 Å². The molecule has 2 heteroatoms. The molecule has 1 atom stereocenters. The van der Waals surface area contributed by atoms with Crippen LogP contribution in [0.4, 0.5) is 0 Å². The van der Waals surface area contributed by atoms with Gasteiger partial charge in [-0.2, -0.15) is 0 Å². The standard InChI is InChI=1S/C19H24O2/c1-13-12-16(19(3,4)5)8-11-18(13)21-17-9-6-15(7-10-17)14(2)20/h6-12,14,20H,1-5H3/t14-/m1/s1. The first-order valence-electron chi connectivity index (χ1n) is 7.34. The van der Waals surface area contributed by atoms with E-state index in [1.807, 2.05) is 30.3 Å². The predicted octanol–water partition coefficient (Wildman–Crippen LogP) is 5.14. The van der Waals surface area contributed by atoms with Gasteiger partial charge in [0.2, 0.25) is 0 Å². The van der Waals surface area contributed by atoms with Gasteiger partial charge >= 0.3 is 0 Å². The number of aryl methyl sites for hydroxylation is 1. The molecule has 0 saturated carbocycles. The molecule has 2 aromatic carbocycles. The molecule has 0 amide bonds. The maximum atomic E-state index is 9.51. The minimum atomic E-state index is -0.452. The lowest BCUT2D eigenvalue weighted by Gasteiger charge is -2.20. The van der Waals surface area contributed by atoms with Crippen LogP contribution >= 0.6 is 0 Å². The zero-order valence-corrected chi connectivity index (χ0v) is 13.5. The number of hydrogen-bond acceptors (Lipinski definition) is 2. The van der Waals surface area contributed by atoms with Gasteiger partial charge in [0, 0.05) is 0 Å². The summed E-state index contributed by atoms with van der Waals surface area (Å²) >= 11 is 0. The van der Waals surface area contributed by atoms with Crippen molar-refractivity contribution in [3.63, 3.8) is 0 Å². The summed E-state index contributed by atoms with van der Waals surface area (Å²) in [6.07, 6.45) is -0.452. The molecule has 0 aromatic heterocycles. The van der Waals surface area contributed by atoms with E-state index in [1.54, 1.807) is 6.92 Å². The topological polar surface area (TPSA) is 29.5 Å². The number of rotatable bonds is 3. The van der Waals surface area contributed by atoms with E-state index in [-0.39, 0.29) is 5.41 Å². The van der Waals surface area contributed by atoms with Gasteiger partial charge in [-0.15, -0.1) is 0 Å². The van der Waals surface area contributed by atoms with Crippen molar-refractivity contribution in [1.82, 2.24) is 0 Å². The van der Waals surface area contributed by atoms with E-state index in [9.17, 15) is 5.11 Å². The van der Waals surface area contributed by atoms with Gasteiger partial charge in [0.15, 0.2) is 0 Å². The molecule has 0 spiro atoms. The van der Waals surface area contributed by atoms with Crippen molar-refractivity contribution < 1.29 is 9.84 Å². The molecule has 2 nitrogen and oxygen atoms in total. The molecule has 0 unspecified atom stereocenters. The summed E-state index contributed by atoms with van der Waals surface area (Å²) in [4.78, 5) is 0. The number of aliphatic hydroxyl groups is 1. The van der Waals surface area contributed by atoms with E-state index in [0.717, 1.165) is 22.6 Å². The van der Waals surface area contributed by atoms with E-state index < -0.39 is 6.10 Å². The van der Waals surface area contributed by atoms with Gasteiger partial charge in [-0.3, -0.25) is 0 Å². The second-order valence-electron chi connectivity index (χ2n) is 6.58. The summed E-state index contributed by atoms with van der Waals surface area (Å²) in [6.45, 7) is 10.4. The monoisotopic (exact) mass is 284 g/mol. The molecular formula is C19H24O2. The Hall–Kier alpha value is -1.80. The Labute approximate surface area is 127 Å². The molecule has 112 valence electrons. The number of hydrogen-bond donors (Lipinski definition) is 1. The normalized spacial score (nSPS) is 13.0. The minimum absolute atomic E-state index is 0.141. The first kappa shape index (κ1) is 15.6. The maximum Gasteiger partial charge on any atom is 0.130 e. The Morgan fingerprint density at radius 3 is 2.10 bits per heavy atom. The molecule has 0 bridgehead atoms. The van der Waals surface area contributed by atoms with Crippen LogP contribution in [-0.2, 0) is 5.41 Å². The van der Waals surface area contributed by atoms with Crippen molar-refractivity contribution in [3.8, 4) is 11.5 Å². The Bertz CT molecular complexity index is 604. The third kappa shape index (κ3) is 3.85. The highest BCUT2D eigenvalue weighted by molar-refractivity contribution is 5.42. The van der Waals surface area contributed by atoms with Crippen molar-refractivity contribution in [2.75, 3.05) is 0 Å². The molecule has 21 heavy (non-hydrogen) atoms. The molecule has 0 aliphatic carbocycles. The Kier molecular flexibility index (Phi) is 4.38. The maximum absolute atomic E-state index is 9.51. The van der Waals surface area contributed by atoms with E-state index in [1.165, 1.54) is 5.56 Å². The lowest BCUT2D eigenvalue weighted by Crippen LogP contribution is -2.11. The largest absolute Gasteiger partial charge is 0.457 e. The summed E-state index contributed by atoms with van der Waals surface area (Å²) in [5.41, 5.74) is 3.46. The minimum Gasteiger partial charge on any atom is -0.457 e. The average Bonchev–Trinajstić information content (AvgIpc) is 2.40. The second-order valence-corrected chi connectivity index (χ2v) is 6.58. The van der Waals surface area contributed by atoms with Crippen LogP contribution in [0.2, 0.25) is 0 Å². The lowest BCUT2D eigenvalue weighted by atomic mass is 9.86. The zero-order valence-electron chi connectivity index (χ0n) is 13.5. The molecular weight excluding hydrogens is 260 g/mol. The molecule has 2 aromatic rings. The van der Waals surface area contributed by atoms with Crippen LogP contribution in [0.5, 0.6) is 11.5 Å². The second kappa shape index (κ2) is 5.90. The van der Waals surface area contributed by atoms with Crippen molar-refractivity contribution in [3.05, 3.63) is 59.2 Å². The summed E-state index contributed by atoms with van der Waals surface area (Å²) in [6, 6.07) is 13.9. The van der Waals surface area contributed by atoms with Gasteiger partial charge in [0.1, 0.15) is 11.5 Å². The zero-order chi connectivity index (χ0) is 15.6. The summed E-state index contributed by atoms with van der Waals surface area (Å²) < 4.78 is 5.93.